The first-order chi connectivity index (χ1) is 14.5. The molecule has 2 N–H and O–H groups in total. The van der Waals surface area contributed by atoms with E-state index in [1.54, 1.807) is 38.1 Å². The van der Waals surface area contributed by atoms with Crippen LogP contribution in [0.1, 0.15) is 25.3 Å². The minimum atomic E-state index is -1.08. The van der Waals surface area contributed by atoms with Crippen molar-refractivity contribution in [2.45, 2.75) is 19.8 Å². The zero-order valence-electron chi connectivity index (χ0n) is 16.9. The summed E-state index contributed by atoms with van der Waals surface area (Å²) in [6.45, 7) is 4.11. The normalized spacial score (nSPS) is 18.6. The molecule has 2 unspecified atom stereocenters. The highest BCUT2D eigenvalue weighted by Crippen LogP contribution is 2.41. The number of esters is 2. The van der Waals surface area contributed by atoms with Crippen LogP contribution in [0.5, 0.6) is 0 Å². The summed E-state index contributed by atoms with van der Waals surface area (Å²) < 4.78 is 10.5. The van der Waals surface area contributed by atoms with Crippen LogP contribution in [-0.4, -0.2) is 55.2 Å². The van der Waals surface area contributed by atoms with Crippen molar-refractivity contribution in [3.05, 3.63) is 46.1 Å². The maximum absolute atomic E-state index is 13.0. The number of thioether (sulfide) groups is 1. The van der Waals surface area contributed by atoms with Crippen LogP contribution in [0.15, 0.2) is 40.5 Å². The van der Waals surface area contributed by atoms with E-state index in [1.165, 1.54) is 11.8 Å². The molecule has 0 aromatic heterocycles. The quantitative estimate of drug-likeness (QED) is 0.330. The van der Waals surface area contributed by atoms with E-state index in [1.807, 2.05) is 0 Å². The van der Waals surface area contributed by atoms with Crippen LogP contribution >= 0.6 is 23.4 Å². The molecule has 1 heterocycles. The Labute approximate surface area is 185 Å². The summed E-state index contributed by atoms with van der Waals surface area (Å²) in [6.07, 6.45) is 0.536. The molecule has 1 aliphatic heterocycles. The van der Waals surface area contributed by atoms with Crippen molar-refractivity contribution in [1.29, 1.82) is 0 Å². The standard InChI is InChI=1S/C21H25ClN2O5S/c1-3-28-20(26)18-15(11-25)24-16(12-30-9-8-23)19(21(27)29-4-2)17(18)13-6-5-7-14(22)10-13/h5-7,10-11,17-18H,3-4,8-9,12,23H2,1-2H3. The number of benzene rings is 1. The van der Waals surface area contributed by atoms with E-state index >= 15 is 0 Å². The number of hydrogen-bond acceptors (Lipinski definition) is 8. The van der Waals surface area contributed by atoms with Crippen LogP contribution in [0, 0.1) is 5.92 Å². The second kappa shape index (κ2) is 11.9. The molecule has 0 bridgehead atoms. The maximum atomic E-state index is 13.0. The van der Waals surface area contributed by atoms with Gasteiger partial charge in [-0.15, -0.1) is 0 Å². The summed E-state index contributed by atoms with van der Waals surface area (Å²) in [5, 5.41) is 0.438. The molecule has 0 saturated carbocycles. The molecule has 0 aliphatic carbocycles. The minimum Gasteiger partial charge on any atom is -0.465 e. The Morgan fingerprint density at radius 2 is 2.00 bits per heavy atom. The van der Waals surface area contributed by atoms with E-state index in [9.17, 15) is 14.4 Å². The molecule has 0 fully saturated rings. The summed E-state index contributed by atoms with van der Waals surface area (Å²) in [6, 6.07) is 6.82. The number of aliphatic imine (C=N–C) groups is 1. The predicted molar refractivity (Wildman–Crippen MR) is 118 cm³/mol. The average molecular weight is 453 g/mol. The monoisotopic (exact) mass is 452 g/mol. The summed E-state index contributed by atoms with van der Waals surface area (Å²) in [7, 11) is 0. The molecule has 2 rings (SSSR count). The van der Waals surface area contributed by atoms with Crippen molar-refractivity contribution >= 4 is 47.3 Å². The van der Waals surface area contributed by atoms with Crippen LogP contribution in [0.3, 0.4) is 0 Å². The number of rotatable bonds is 10. The molecule has 0 amide bonds. The van der Waals surface area contributed by atoms with E-state index < -0.39 is 23.8 Å². The van der Waals surface area contributed by atoms with Crippen molar-refractivity contribution in [3.8, 4) is 0 Å². The van der Waals surface area contributed by atoms with Gasteiger partial charge in [-0.3, -0.25) is 14.6 Å². The van der Waals surface area contributed by atoms with Gasteiger partial charge in [0.15, 0.2) is 6.29 Å². The van der Waals surface area contributed by atoms with Gasteiger partial charge in [-0.05, 0) is 31.5 Å². The number of ether oxygens (including phenoxy) is 2. The number of hydrogen-bond donors (Lipinski definition) is 1. The molecular weight excluding hydrogens is 428 g/mol. The van der Waals surface area contributed by atoms with Gasteiger partial charge < -0.3 is 15.2 Å². The molecule has 1 aromatic carbocycles. The summed E-state index contributed by atoms with van der Waals surface area (Å²) in [4.78, 5) is 42.1. The highest BCUT2D eigenvalue weighted by atomic mass is 35.5. The van der Waals surface area contributed by atoms with Gasteiger partial charge >= 0.3 is 11.9 Å². The third-order valence-corrected chi connectivity index (χ3v) is 5.64. The number of carbonyl (C=O) groups is 3. The third-order valence-electron chi connectivity index (χ3n) is 4.40. The van der Waals surface area contributed by atoms with Gasteiger partial charge in [-0.25, -0.2) is 4.79 Å². The highest BCUT2D eigenvalue weighted by Gasteiger charge is 2.44. The maximum Gasteiger partial charge on any atom is 0.336 e. The zero-order chi connectivity index (χ0) is 22.1. The van der Waals surface area contributed by atoms with Crippen LogP contribution in [-0.2, 0) is 23.9 Å². The molecule has 9 heteroatoms. The summed E-state index contributed by atoms with van der Waals surface area (Å²) in [5.74, 6) is -2.13. The first-order valence-corrected chi connectivity index (χ1v) is 11.1. The van der Waals surface area contributed by atoms with Gasteiger partial charge in [0.1, 0.15) is 5.92 Å². The number of nitrogens with zero attached hydrogens (tertiary/aromatic N) is 1. The Kier molecular flexibility index (Phi) is 9.55. The van der Waals surface area contributed by atoms with Crippen LogP contribution in [0.4, 0.5) is 0 Å². The molecule has 0 radical (unpaired) electrons. The lowest BCUT2D eigenvalue weighted by atomic mass is 9.75. The lowest BCUT2D eigenvalue weighted by molar-refractivity contribution is -0.146. The van der Waals surface area contributed by atoms with E-state index in [4.69, 9.17) is 26.8 Å². The van der Waals surface area contributed by atoms with Gasteiger partial charge in [0.2, 0.25) is 0 Å². The molecule has 162 valence electrons. The number of halogens is 1. The van der Waals surface area contributed by atoms with Gasteiger partial charge in [0.25, 0.3) is 0 Å². The van der Waals surface area contributed by atoms with Gasteiger partial charge in [-0.2, -0.15) is 11.8 Å². The van der Waals surface area contributed by atoms with Crippen LogP contribution < -0.4 is 5.73 Å². The lowest BCUT2D eigenvalue weighted by Crippen LogP contribution is -2.39. The van der Waals surface area contributed by atoms with E-state index in [-0.39, 0.29) is 24.5 Å². The third kappa shape index (κ3) is 5.71. The number of nitrogens with two attached hydrogens (primary N) is 1. The van der Waals surface area contributed by atoms with Gasteiger partial charge in [-0.1, -0.05) is 23.7 Å². The topological polar surface area (TPSA) is 108 Å². The molecule has 0 saturated heterocycles. The predicted octanol–water partition coefficient (Wildman–Crippen LogP) is 2.77. The molecule has 30 heavy (non-hydrogen) atoms. The largest absolute Gasteiger partial charge is 0.465 e. The second-order valence-corrected chi connectivity index (χ2v) is 7.88. The van der Waals surface area contributed by atoms with E-state index in [0.717, 1.165) is 0 Å². The molecule has 1 aliphatic rings. The fraction of sp³-hybridized carbons (Fsp3) is 0.429. The summed E-state index contributed by atoms with van der Waals surface area (Å²) >= 11 is 7.66. The van der Waals surface area contributed by atoms with Crippen molar-refractivity contribution in [2.24, 2.45) is 16.6 Å². The van der Waals surface area contributed by atoms with Gasteiger partial charge in [0, 0.05) is 29.0 Å². The molecular formula is C21H25ClN2O5S. The fourth-order valence-electron chi connectivity index (χ4n) is 3.27. The SMILES string of the molecule is CCOC(=O)C1=C(CSCCN)N=C(C=O)C(C(=O)OCC)C1c1cccc(Cl)c1. The molecule has 1 aromatic rings. The molecule has 0 spiro atoms. The Bertz CT molecular complexity index is 856. The Morgan fingerprint density at radius 3 is 2.60 bits per heavy atom. The smallest absolute Gasteiger partial charge is 0.336 e. The first kappa shape index (κ1) is 24.1. The number of carbonyl (C=O) groups excluding carboxylic acids is 3. The zero-order valence-corrected chi connectivity index (χ0v) is 18.5. The van der Waals surface area contributed by atoms with Gasteiger partial charge in [0.05, 0.1) is 30.2 Å². The Hall–Kier alpha value is -2.16. The van der Waals surface area contributed by atoms with Crippen molar-refractivity contribution < 1.29 is 23.9 Å². The van der Waals surface area contributed by atoms with E-state index in [2.05, 4.69) is 4.99 Å². The Morgan fingerprint density at radius 1 is 1.27 bits per heavy atom. The lowest BCUT2D eigenvalue weighted by Gasteiger charge is -2.31. The van der Waals surface area contributed by atoms with Crippen molar-refractivity contribution in [1.82, 2.24) is 0 Å². The average Bonchev–Trinajstić information content (AvgIpc) is 2.73. The first-order valence-electron chi connectivity index (χ1n) is 9.62. The number of aldehydes is 1. The van der Waals surface area contributed by atoms with Crippen LogP contribution in [0.2, 0.25) is 5.02 Å². The minimum absolute atomic E-state index is 0.00909. The van der Waals surface area contributed by atoms with Crippen molar-refractivity contribution in [2.75, 3.05) is 31.3 Å². The molecule has 7 nitrogen and oxygen atoms in total. The van der Waals surface area contributed by atoms with Crippen LogP contribution in [0.25, 0.3) is 0 Å². The second-order valence-electron chi connectivity index (χ2n) is 6.34. The molecule has 2 atom stereocenters. The highest BCUT2D eigenvalue weighted by molar-refractivity contribution is 7.99. The van der Waals surface area contributed by atoms with Crippen molar-refractivity contribution in [3.63, 3.8) is 0 Å². The summed E-state index contributed by atoms with van der Waals surface area (Å²) in [5.41, 5.74) is 6.80. The fourth-order valence-corrected chi connectivity index (χ4v) is 4.19. The Balaban J connectivity index is 2.71. The van der Waals surface area contributed by atoms with E-state index in [0.29, 0.717) is 40.6 Å².